The fourth-order valence-electron chi connectivity index (χ4n) is 5.57. The number of carbonyl (C=O) groups excluding carboxylic acids is 2. The van der Waals surface area contributed by atoms with Crippen LogP contribution in [0.5, 0.6) is 0 Å². The molecule has 2 heterocycles. The van der Waals surface area contributed by atoms with Crippen LogP contribution in [0.4, 0.5) is 4.79 Å². The van der Waals surface area contributed by atoms with Gasteiger partial charge in [0.15, 0.2) is 0 Å². The Hall–Kier alpha value is -4.65. The number of aromatic amines is 1. The molecule has 1 saturated carbocycles. The molecular weight excluding hydrogens is 500 g/mol. The van der Waals surface area contributed by atoms with Crippen molar-refractivity contribution in [1.29, 1.82) is 0 Å². The van der Waals surface area contributed by atoms with Gasteiger partial charge in [-0.3, -0.25) is 9.69 Å². The van der Waals surface area contributed by atoms with Gasteiger partial charge >= 0.3 is 6.09 Å². The molecule has 7 heteroatoms. The van der Waals surface area contributed by atoms with E-state index < -0.39 is 0 Å². The molecule has 2 amide bonds. The van der Waals surface area contributed by atoms with Gasteiger partial charge in [0, 0.05) is 23.7 Å². The summed E-state index contributed by atoms with van der Waals surface area (Å²) >= 11 is 0. The van der Waals surface area contributed by atoms with Gasteiger partial charge in [-0.1, -0.05) is 60.7 Å². The predicted octanol–water partition coefficient (Wildman–Crippen LogP) is 6.81. The maximum Gasteiger partial charge on any atom is 0.415 e. The average Bonchev–Trinajstić information content (AvgIpc) is 3.57. The molecule has 2 aliphatic carbocycles. The maximum atomic E-state index is 13.4. The van der Waals surface area contributed by atoms with E-state index in [0.29, 0.717) is 18.0 Å². The fourth-order valence-corrected chi connectivity index (χ4v) is 5.57. The molecule has 0 unspecified atom stereocenters. The first kappa shape index (κ1) is 24.4. The minimum atomic E-state index is -0.346. The van der Waals surface area contributed by atoms with E-state index in [1.807, 2.05) is 66.7 Å². The molecule has 3 aliphatic rings. The quantitative estimate of drug-likeness (QED) is 0.287. The fraction of sp³-hybridized carbons (Fsp3) is 0.242. The highest BCUT2D eigenvalue weighted by atomic mass is 16.6. The number of nitrogens with one attached hydrogen (secondary N) is 2. The van der Waals surface area contributed by atoms with E-state index in [-0.39, 0.29) is 24.6 Å². The molecule has 1 aromatic heterocycles. The number of carbonyl (C=O) groups is 2. The minimum absolute atomic E-state index is 0.0164. The zero-order valence-electron chi connectivity index (χ0n) is 22.1. The lowest BCUT2D eigenvalue weighted by molar-refractivity contribution is 0.0946. The topological polar surface area (TPSA) is 87.3 Å². The molecule has 7 rings (SSSR count). The van der Waals surface area contributed by atoms with Gasteiger partial charge in [0.1, 0.15) is 18.5 Å². The minimum Gasteiger partial charge on any atom is -0.444 e. The van der Waals surface area contributed by atoms with Crippen LogP contribution in [-0.4, -0.2) is 32.9 Å². The monoisotopic (exact) mass is 530 g/mol. The van der Waals surface area contributed by atoms with Gasteiger partial charge in [-0.15, -0.1) is 0 Å². The number of H-pyrrole nitrogens is 1. The second kappa shape index (κ2) is 10.2. The highest BCUT2D eigenvalue weighted by molar-refractivity contribution is 5.95. The van der Waals surface area contributed by atoms with E-state index in [0.717, 1.165) is 64.9 Å². The summed E-state index contributed by atoms with van der Waals surface area (Å²) in [4.78, 5) is 36.0. The van der Waals surface area contributed by atoms with Gasteiger partial charge in [-0.2, -0.15) is 0 Å². The van der Waals surface area contributed by atoms with E-state index in [2.05, 4.69) is 28.5 Å². The SMILES string of the molecule is O=C(NC1CC1)c1ccc(-c2ccc3nc([C@@H]4CC5=C(CCC=C5)N4C(=O)OCc4ccccc4)[nH]c3c2)cc1. The van der Waals surface area contributed by atoms with E-state index >= 15 is 0 Å². The predicted molar refractivity (Wildman–Crippen MR) is 153 cm³/mol. The highest BCUT2D eigenvalue weighted by Crippen LogP contribution is 2.43. The summed E-state index contributed by atoms with van der Waals surface area (Å²) in [5.74, 6) is 0.732. The summed E-state index contributed by atoms with van der Waals surface area (Å²) in [6.45, 7) is 0.228. The van der Waals surface area contributed by atoms with Gasteiger partial charge < -0.3 is 15.0 Å². The number of aromatic nitrogens is 2. The highest BCUT2D eigenvalue weighted by Gasteiger charge is 2.39. The smallest absolute Gasteiger partial charge is 0.415 e. The van der Waals surface area contributed by atoms with Crippen LogP contribution >= 0.6 is 0 Å². The summed E-state index contributed by atoms with van der Waals surface area (Å²) in [5.41, 5.74) is 7.62. The van der Waals surface area contributed by atoms with Crippen LogP contribution in [0.2, 0.25) is 0 Å². The summed E-state index contributed by atoms with van der Waals surface area (Å²) in [5, 5.41) is 3.03. The molecule has 4 aromatic rings. The Kier molecular flexibility index (Phi) is 6.19. The van der Waals surface area contributed by atoms with Crippen molar-refractivity contribution in [3.63, 3.8) is 0 Å². The molecule has 0 saturated heterocycles. The molecule has 40 heavy (non-hydrogen) atoms. The van der Waals surface area contributed by atoms with Crippen LogP contribution < -0.4 is 5.32 Å². The Morgan fingerprint density at radius 1 is 1.00 bits per heavy atom. The van der Waals surface area contributed by atoms with Gasteiger partial charge in [-0.25, -0.2) is 9.78 Å². The first-order valence-electron chi connectivity index (χ1n) is 13.9. The zero-order valence-corrected chi connectivity index (χ0v) is 22.1. The summed E-state index contributed by atoms with van der Waals surface area (Å²) in [7, 11) is 0. The number of rotatable bonds is 6. The number of ether oxygens (including phenoxy) is 1. The molecule has 0 spiro atoms. The van der Waals surface area contributed by atoms with Gasteiger partial charge in [0.05, 0.1) is 11.0 Å². The molecule has 0 radical (unpaired) electrons. The Morgan fingerprint density at radius 3 is 2.60 bits per heavy atom. The van der Waals surface area contributed by atoms with Gasteiger partial charge in [0.25, 0.3) is 5.91 Å². The molecule has 1 aliphatic heterocycles. The number of hydrogen-bond donors (Lipinski definition) is 2. The van der Waals surface area contributed by atoms with Crippen molar-refractivity contribution in [2.24, 2.45) is 0 Å². The normalized spacial score (nSPS) is 18.2. The number of allylic oxidation sites excluding steroid dienone is 3. The first-order chi connectivity index (χ1) is 19.6. The van der Waals surface area contributed by atoms with Crippen molar-refractivity contribution in [1.82, 2.24) is 20.2 Å². The number of benzene rings is 3. The number of imidazole rings is 1. The number of nitrogens with zero attached hydrogens (tertiary/aromatic N) is 2. The summed E-state index contributed by atoms with van der Waals surface area (Å²) in [6, 6.07) is 23.6. The van der Waals surface area contributed by atoms with Crippen LogP contribution in [0.3, 0.4) is 0 Å². The van der Waals surface area contributed by atoms with Crippen LogP contribution in [0.1, 0.15) is 59.9 Å². The van der Waals surface area contributed by atoms with Gasteiger partial charge in [0.2, 0.25) is 0 Å². The van der Waals surface area contributed by atoms with Crippen LogP contribution in [0.25, 0.3) is 22.2 Å². The molecule has 2 N–H and O–H groups in total. The third-order valence-corrected chi connectivity index (χ3v) is 7.86. The number of hydrogen-bond acceptors (Lipinski definition) is 4. The zero-order chi connectivity index (χ0) is 27.1. The second-order valence-corrected chi connectivity index (χ2v) is 10.7. The third kappa shape index (κ3) is 4.79. The maximum absolute atomic E-state index is 13.4. The molecule has 200 valence electrons. The Morgan fingerprint density at radius 2 is 1.80 bits per heavy atom. The van der Waals surface area contributed by atoms with Crippen molar-refractivity contribution in [3.8, 4) is 11.1 Å². The molecule has 0 bridgehead atoms. The van der Waals surface area contributed by atoms with E-state index in [4.69, 9.17) is 9.72 Å². The van der Waals surface area contributed by atoms with E-state index in [1.54, 1.807) is 4.90 Å². The Labute approximate surface area is 232 Å². The molecule has 1 atom stereocenters. The third-order valence-electron chi connectivity index (χ3n) is 7.86. The average molecular weight is 531 g/mol. The Bertz CT molecular complexity index is 1650. The van der Waals surface area contributed by atoms with Crippen LogP contribution in [0.15, 0.2) is 96.2 Å². The van der Waals surface area contributed by atoms with Crippen molar-refractivity contribution >= 4 is 23.0 Å². The first-order valence-corrected chi connectivity index (χ1v) is 13.9. The summed E-state index contributed by atoms with van der Waals surface area (Å²) < 4.78 is 5.77. The molecule has 3 aromatic carbocycles. The van der Waals surface area contributed by atoms with E-state index in [1.165, 1.54) is 5.57 Å². The number of amides is 2. The van der Waals surface area contributed by atoms with Crippen molar-refractivity contribution < 1.29 is 14.3 Å². The lowest BCUT2D eigenvalue weighted by Gasteiger charge is -2.26. The van der Waals surface area contributed by atoms with Gasteiger partial charge in [-0.05, 0) is 72.2 Å². The van der Waals surface area contributed by atoms with E-state index in [9.17, 15) is 9.59 Å². The van der Waals surface area contributed by atoms with Crippen LogP contribution in [-0.2, 0) is 11.3 Å². The largest absolute Gasteiger partial charge is 0.444 e. The Balaban J connectivity index is 1.13. The second-order valence-electron chi connectivity index (χ2n) is 10.7. The van der Waals surface area contributed by atoms with Crippen molar-refractivity contribution in [2.45, 2.75) is 50.8 Å². The number of fused-ring (bicyclic) bond motifs is 1. The lowest BCUT2D eigenvalue weighted by atomic mass is 10.0. The lowest BCUT2D eigenvalue weighted by Crippen LogP contribution is -2.32. The molecule has 7 nitrogen and oxygen atoms in total. The molecule has 1 fully saturated rings. The van der Waals surface area contributed by atoms with Crippen molar-refractivity contribution in [2.75, 3.05) is 0 Å². The standard InChI is InChI=1S/C33H30N4O3/c38-32(34-26-15-16-26)23-12-10-22(11-13-23)24-14-17-27-28(18-24)36-31(35-27)30-19-25-8-4-5-9-29(25)37(30)33(39)40-20-21-6-2-1-3-7-21/h1-4,6-8,10-14,17-18,26,30H,5,9,15-16,19-20H2,(H,34,38)(H,35,36)/t30-/m0/s1. The summed E-state index contributed by atoms with van der Waals surface area (Å²) in [6.07, 6.45) is 8.49. The van der Waals surface area contributed by atoms with Crippen LogP contribution in [0, 0.1) is 0 Å². The molecular formula is C33H30N4O3. The van der Waals surface area contributed by atoms with Crippen molar-refractivity contribution in [3.05, 3.63) is 113 Å².